The first-order chi connectivity index (χ1) is 8.91. The van der Waals surface area contributed by atoms with Gasteiger partial charge >= 0.3 is 0 Å². The molecule has 0 aromatic heterocycles. The number of aryl methyl sites for hydroxylation is 1. The van der Waals surface area contributed by atoms with E-state index in [1.807, 2.05) is 26.1 Å². The SMILES string of the molecule is Cc1ccc(Br)cc1S(=O)(=O)N1CCCN(C)CC1. The van der Waals surface area contributed by atoms with Crippen molar-refractivity contribution >= 4 is 26.0 Å². The highest BCUT2D eigenvalue weighted by Gasteiger charge is 2.27. The summed E-state index contributed by atoms with van der Waals surface area (Å²) in [6, 6.07) is 5.39. The summed E-state index contributed by atoms with van der Waals surface area (Å²) < 4.78 is 27.8. The van der Waals surface area contributed by atoms with E-state index in [4.69, 9.17) is 0 Å². The highest BCUT2D eigenvalue weighted by atomic mass is 79.9. The van der Waals surface area contributed by atoms with Crippen molar-refractivity contribution in [3.8, 4) is 0 Å². The Morgan fingerprint density at radius 3 is 2.63 bits per heavy atom. The molecule has 1 aliphatic rings. The zero-order chi connectivity index (χ0) is 14.0. The Bertz CT molecular complexity index is 560. The molecule has 106 valence electrons. The van der Waals surface area contributed by atoms with Crippen molar-refractivity contribution < 1.29 is 8.42 Å². The summed E-state index contributed by atoms with van der Waals surface area (Å²) in [7, 11) is -1.36. The lowest BCUT2D eigenvalue weighted by molar-refractivity contribution is 0.347. The Morgan fingerprint density at radius 1 is 1.16 bits per heavy atom. The largest absolute Gasteiger partial charge is 0.305 e. The summed E-state index contributed by atoms with van der Waals surface area (Å²) in [6.07, 6.45) is 0.878. The van der Waals surface area contributed by atoms with E-state index in [-0.39, 0.29) is 0 Å². The average molecular weight is 347 g/mol. The number of halogens is 1. The van der Waals surface area contributed by atoms with E-state index in [1.54, 1.807) is 10.4 Å². The molecule has 1 saturated heterocycles. The van der Waals surface area contributed by atoms with Gasteiger partial charge in [0.15, 0.2) is 0 Å². The molecule has 6 heteroatoms. The predicted molar refractivity (Wildman–Crippen MR) is 79.8 cm³/mol. The van der Waals surface area contributed by atoms with Crippen LogP contribution in [0, 0.1) is 6.92 Å². The monoisotopic (exact) mass is 346 g/mol. The van der Waals surface area contributed by atoms with Crippen LogP contribution in [0.5, 0.6) is 0 Å². The van der Waals surface area contributed by atoms with E-state index in [2.05, 4.69) is 20.8 Å². The second-order valence-corrected chi connectivity index (χ2v) is 7.79. The van der Waals surface area contributed by atoms with Crippen LogP contribution >= 0.6 is 15.9 Å². The van der Waals surface area contributed by atoms with Gasteiger partial charge in [-0.2, -0.15) is 4.31 Å². The van der Waals surface area contributed by atoms with Gasteiger partial charge in [0.25, 0.3) is 0 Å². The summed E-state index contributed by atoms with van der Waals surface area (Å²) in [6.45, 7) is 4.72. The van der Waals surface area contributed by atoms with Crippen LogP contribution in [-0.4, -0.2) is 50.8 Å². The highest BCUT2D eigenvalue weighted by molar-refractivity contribution is 9.10. The van der Waals surface area contributed by atoms with Crippen LogP contribution in [0.2, 0.25) is 0 Å². The molecule has 0 N–H and O–H groups in total. The Morgan fingerprint density at radius 2 is 1.89 bits per heavy atom. The maximum absolute atomic E-state index is 12.7. The van der Waals surface area contributed by atoms with Crippen LogP contribution in [0.1, 0.15) is 12.0 Å². The van der Waals surface area contributed by atoms with Crippen molar-refractivity contribution in [3.63, 3.8) is 0 Å². The number of hydrogen-bond donors (Lipinski definition) is 0. The molecule has 0 spiro atoms. The van der Waals surface area contributed by atoms with Crippen LogP contribution < -0.4 is 0 Å². The van der Waals surface area contributed by atoms with Gasteiger partial charge in [-0.05, 0) is 44.6 Å². The minimum absolute atomic E-state index is 0.409. The molecule has 0 atom stereocenters. The van der Waals surface area contributed by atoms with E-state index in [0.717, 1.165) is 29.5 Å². The summed E-state index contributed by atoms with van der Waals surface area (Å²) in [5, 5.41) is 0. The van der Waals surface area contributed by atoms with Gasteiger partial charge in [-0.15, -0.1) is 0 Å². The Kier molecular flexibility index (Phi) is 4.66. The lowest BCUT2D eigenvalue weighted by Gasteiger charge is -2.21. The molecule has 1 aliphatic heterocycles. The number of sulfonamides is 1. The van der Waals surface area contributed by atoms with Crippen LogP contribution in [0.4, 0.5) is 0 Å². The fourth-order valence-electron chi connectivity index (χ4n) is 2.25. The number of hydrogen-bond acceptors (Lipinski definition) is 3. The summed E-state index contributed by atoms with van der Waals surface area (Å²) in [5.41, 5.74) is 0.792. The fourth-order valence-corrected chi connectivity index (χ4v) is 4.49. The third-order valence-corrected chi connectivity index (χ3v) is 5.98. The summed E-state index contributed by atoms with van der Waals surface area (Å²) in [4.78, 5) is 2.58. The lowest BCUT2D eigenvalue weighted by Crippen LogP contribution is -2.34. The second-order valence-electron chi connectivity index (χ2n) is 4.97. The molecular formula is C13H19BrN2O2S. The first-order valence-electron chi connectivity index (χ1n) is 6.36. The summed E-state index contributed by atoms with van der Waals surface area (Å²) >= 11 is 3.35. The van der Waals surface area contributed by atoms with Crippen molar-refractivity contribution in [2.24, 2.45) is 0 Å². The fraction of sp³-hybridized carbons (Fsp3) is 0.538. The minimum atomic E-state index is -3.39. The molecule has 19 heavy (non-hydrogen) atoms. The van der Waals surface area contributed by atoms with Crippen LogP contribution in [0.15, 0.2) is 27.6 Å². The molecule has 4 nitrogen and oxygen atoms in total. The third kappa shape index (κ3) is 3.37. The van der Waals surface area contributed by atoms with Crippen molar-refractivity contribution in [2.45, 2.75) is 18.2 Å². The standard InChI is InChI=1S/C13H19BrN2O2S/c1-11-4-5-12(14)10-13(11)19(17,18)16-7-3-6-15(2)8-9-16/h4-5,10H,3,6-9H2,1-2H3. The maximum atomic E-state index is 12.7. The highest BCUT2D eigenvalue weighted by Crippen LogP contribution is 2.24. The van der Waals surface area contributed by atoms with Gasteiger partial charge in [0.2, 0.25) is 10.0 Å². The molecule has 0 unspecified atom stereocenters. The third-order valence-electron chi connectivity index (χ3n) is 3.45. The molecular weight excluding hydrogens is 328 g/mol. The Hall–Kier alpha value is -0.430. The van der Waals surface area contributed by atoms with Gasteiger partial charge in [0, 0.05) is 24.1 Å². The van der Waals surface area contributed by atoms with Gasteiger partial charge in [-0.1, -0.05) is 22.0 Å². The second kappa shape index (κ2) is 5.91. The summed E-state index contributed by atoms with van der Waals surface area (Å²) in [5.74, 6) is 0. The number of benzene rings is 1. The smallest absolute Gasteiger partial charge is 0.243 e. The molecule has 2 rings (SSSR count). The number of likely N-dealkylation sites (N-methyl/N-ethyl adjacent to an activating group) is 1. The first-order valence-corrected chi connectivity index (χ1v) is 8.59. The molecule has 1 fully saturated rings. The van der Waals surface area contributed by atoms with E-state index >= 15 is 0 Å². The van der Waals surface area contributed by atoms with Crippen molar-refractivity contribution in [3.05, 3.63) is 28.2 Å². The molecule has 1 heterocycles. The zero-order valence-electron chi connectivity index (χ0n) is 11.3. The van der Waals surface area contributed by atoms with Crippen molar-refractivity contribution in [2.75, 3.05) is 33.2 Å². The van der Waals surface area contributed by atoms with Crippen molar-refractivity contribution in [1.82, 2.24) is 9.21 Å². The van der Waals surface area contributed by atoms with Gasteiger partial charge in [0.1, 0.15) is 0 Å². The predicted octanol–water partition coefficient (Wildman–Crippen LogP) is 2.08. The molecule has 0 amide bonds. The lowest BCUT2D eigenvalue weighted by atomic mass is 10.2. The number of rotatable bonds is 2. The quantitative estimate of drug-likeness (QED) is 0.823. The zero-order valence-corrected chi connectivity index (χ0v) is 13.7. The van der Waals surface area contributed by atoms with Gasteiger partial charge in [0.05, 0.1) is 4.90 Å². The van der Waals surface area contributed by atoms with E-state index < -0.39 is 10.0 Å². The van der Waals surface area contributed by atoms with Crippen LogP contribution in [0.25, 0.3) is 0 Å². The van der Waals surface area contributed by atoms with Gasteiger partial charge < -0.3 is 4.90 Å². The minimum Gasteiger partial charge on any atom is -0.305 e. The molecule has 1 aromatic carbocycles. The molecule has 1 aromatic rings. The van der Waals surface area contributed by atoms with E-state index in [1.165, 1.54) is 0 Å². The topological polar surface area (TPSA) is 40.6 Å². The van der Waals surface area contributed by atoms with E-state index in [9.17, 15) is 8.42 Å². The van der Waals surface area contributed by atoms with Crippen molar-refractivity contribution in [1.29, 1.82) is 0 Å². The van der Waals surface area contributed by atoms with Crippen LogP contribution in [-0.2, 0) is 10.0 Å². The molecule has 0 radical (unpaired) electrons. The first kappa shape index (κ1) is 15.0. The van der Waals surface area contributed by atoms with Crippen LogP contribution in [0.3, 0.4) is 0 Å². The average Bonchev–Trinajstić information content (AvgIpc) is 2.57. The Balaban J connectivity index is 2.33. The van der Waals surface area contributed by atoms with Gasteiger partial charge in [-0.25, -0.2) is 8.42 Å². The Labute approximate surface area is 123 Å². The molecule has 0 saturated carbocycles. The number of nitrogens with zero attached hydrogens (tertiary/aromatic N) is 2. The van der Waals surface area contributed by atoms with E-state index in [0.29, 0.717) is 18.0 Å². The molecule has 0 bridgehead atoms. The molecule has 0 aliphatic carbocycles. The maximum Gasteiger partial charge on any atom is 0.243 e. The van der Waals surface area contributed by atoms with Gasteiger partial charge in [-0.3, -0.25) is 0 Å². The normalized spacial score (nSPS) is 19.3.